The molecule has 7 heteroatoms. The van der Waals surface area contributed by atoms with Crippen molar-refractivity contribution >= 4 is 23.2 Å². The predicted octanol–water partition coefficient (Wildman–Crippen LogP) is 4.99. The van der Waals surface area contributed by atoms with Gasteiger partial charge in [0.1, 0.15) is 11.4 Å². The number of ether oxygens (including phenoxy) is 1. The van der Waals surface area contributed by atoms with Crippen molar-refractivity contribution < 1.29 is 14.3 Å². The van der Waals surface area contributed by atoms with Crippen LogP contribution in [-0.4, -0.2) is 35.2 Å². The summed E-state index contributed by atoms with van der Waals surface area (Å²) in [5.74, 6) is 0.571. The highest BCUT2D eigenvalue weighted by Gasteiger charge is 2.22. The molecule has 1 saturated heterocycles. The Labute approximate surface area is 204 Å². The van der Waals surface area contributed by atoms with Gasteiger partial charge in [-0.1, -0.05) is 42.5 Å². The normalized spacial score (nSPS) is 13.2. The van der Waals surface area contributed by atoms with Crippen molar-refractivity contribution in [3.8, 4) is 17.0 Å². The van der Waals surface area contributed by atoms with E-state index < -0.39 is 0 Å². The number of hydrogen-bond acceptors (Lipinski definition) is 4. The Hall–Kier alpha value is -4.39. The van der Waals surface area contributed by atoms with Crippen LogP contribution in [0.15, 0.2) is 85.1 Å². The van der Waals surface area contributed by atoms with Gasteiger partial charge in [0.05, 0.1) is 19.2 Å². The molecule has 1 N–H and O–H groups in total. The molecule has 0 aliphatic carbocycles. The number of hydrogen-bond donors (Lipinski definition) is 1. The largest absolute Gasteiger partial charge is 0.497 e. The number of carbonyl (C=O) groups is 2. The van der Waals surface area contributed by atoms with Gasteiger partial charge >= 0.3 is 0 Å². The number of aromatic nitrogens is 2. The van der Waals surface area contributed by atoms with E-state index >= 15 is 0 Å². The summed E-state index contributed by atoms with van der Waals surface area (Å²) in [6.45, 7) is 1.28. The Morgan fingerprint density at radius 3 is 2.54 bits per heavy atom. The molecule has 0 spiro atoms. The lowest BCUT2D eigenvalue weighted by atomic mass is 10.1. The highest BCUT2D eigenvalue weighted by Crippen LogP contribution is 2.28. The van der Waals surface area contributed by atoms with E-state index in [0.717, 1.165) is 29.8 Å². The molecule has 3 aromatic carbocycles. The van der Waals surface area contributed by atoms with E-state index in [9.17, 15) is 9.59 Å². The number of carbonyl (C=O) groups excluding carboxylic acids is 2. The van der Waals surface area contributed by atoms with E-state index in [1.54, 1.807) is 22.9 Å². The van der Waals surface area contributed by atoms with Crippen molar-refractivity contribution in [2.45, 2.75) is 19.4 Å². The molecule has 7 nitrogen and oxygen atoms in total. The summed E-state index contributed by atoms with van der Waals surface area (Å²) in [5, 5.41) is 7.72. The second kappa shape index (κ2) is 9.85. The van der Waals surface area contributed by atoms with Crippen LogP contribution in [0.2, 0.25) is 0 Å². The van der Waals surface area contributed by atoms with E-state index in [4.69, 9.17) is 9.84 Å². The zero-order valence-corrected chi connectivity index (χ0v) is 19.5. The summed E-state index contributed by atoms with van der Waals surface area (Å²) in [6, 6.07) is 24.9. The topological polar surface area (TPSA) is 76.5 Å². The third-order valence-corrected chi connectivity index (χ3v) is 6.05. The first-order chi connectivity index (χ1) is 17.1. The standard InChI is InChI=1S/C28H26N4O3/c1-35-24-10-5-9-21(17-24)27-25(19-31(30-27)18-20-7-3-2-4-8-20)28(34)29-22-12-14-23(15-13-22)32-16-6-11-26(32)33/h2-5,7-10,12-15,17,19H,6,11,16,18H2,1H3,(H,29,34). The van der Waals surface area contributed by atoms with Crippen molar-refractivity contribution in [3.05, 3.63) is 96.2 Å². The molecule has 2 amide bonds. The summed E-state index contributed by atoms with van der Waals surface area (Å²) in [7, 11) is 1.61. The van der Waals surface area contributed by atoms with Gasteiger partial charge in [0.25, 0.3) is 5.91 Å². The number of rotatable bonds is 7. The third-order valence-electron chi connectivity index (χ3n) is 6.05. The molecule has 0 radical (unpaired) electrons. The molecule has 0 bridgehead atoms. The molecule has 35 heavy (non-hydrogen) atoms. The van der Waals surface area contributed by atoms with Crippen LogP contribution in [-0.2, 0) is 11.3 Å². The lowest BCUT2D eigenvalue weighted by Crippen LogP contribution is -2.23. The van der Waals surface area contributed by atoms with Gasteiger partial charge in [-0.15, -0.1) is 0 Å². The number of nitrogens with one attached hydrogen (secondary N) is 1. The lowest BCUT2D eigenvalue weighted by Gasteiger charge is -2.16. The summed E-state index contributed by atoms with van der Waals surface area (Å²) in [5.41, 5.74) is 4.43. The van der Waals surface area contributed by atoms with E-state index in [2.05, 4.69) is 5.32 Å². The first-order valence-corrected chi connectivity index (χ1v) is 11.6. The Morgan fingerprint density at radius 2 is 1.83 bits per heavy atom. The number of amides is 2. The van der Waals surface area contributed by atoms with Crippen LogP contribution in [0.25, 0.3) is 11.3 Å². The fourth-order valence-corrected chi connectivity index (χ4v) is 4.27. The summed E-state index contributed by atoms with van der Waals surface area (Å²) in [6.07, 6.45) is 3.23. The Kier molecular flexibility index (Phi) is 6.30. The molecule has 1 aliphatic heterocycles. The second-order valence-corrected chi connectivity index (χ2v) is 8.46. The zero-order valence-electron chi connectivity index (χ0n) is 19.5. The molecule has 1 aromatic heterocycles. The predicted molar refractivity (Wildman–Crippen MR) is 136 cm³/mol. The van der Waals surface area contributed by atoms with E-state index in [0.29, 0.717) is 35.7 Å². The van der Waals surface area contributed by atoms with Crippen LogP contribution in [0.4, 0.5) is 11.4 Å². The highest BCUT2D eigenvalue weighted by molar-refractivity contribution is 6.08. The Morgan fingerprint density at radius 1 is 1.03 bits per heavy atom. The molecular weight excluding hydrogens is 440 g/mol. The number of nitrogens with zero attached hydrogens (tertiary/aromatic N) is 3. The average Bonchev–Trinajstić information content (AvgIpc) is 3.51. The van der Waals surface area contributed by atoms with E-state index in [1.165, 1.54) is 0 Å². The van der Waals surface area contributed by atoms with Gasteiger partial charge in [-0.25, -0.2) is 0 Å². The van der Waals surface area contributed by atoms with Gasteiger partial charge in [-0.3, -0.25) is 14.3 Å². The first kappa shape index (κ1) is 22.4. The number of methoxy groups -OCH3 is 1. The molecular formula is C28H26N4O3. The molecule has 5 rings (SSSR count). The van der Waals surface area contributed by atoms with Gasteiger partial charge in [0.2, 0.25) is 5.91 Å². The minimum absolute atomic E-state index is 0.135. The minimum atomic E-state index is -0.257. The van der Waals surface area contributed by atoms with Gasteiger partial charge < -0.3 is 15.0 Å². The lowest BCUT2D eigenvalue weighted by molar-refractivity contribution is -0.117. The van der Waals surface area contributed by atoms with Crippen molar-refractivity contribution in [2.24, 2.45) is 0 Å². The van der Waals surface area contributed by atoms with Crippen LogP contribution in [0.5, 0.6) is 5.75 Å². The van der Waals surface area contributed by atoms with Crippen molar-refractivity contribution in [3.63, 3.8) is 0 Å². The monoisotopic (exact) mass is 466 g/mol. The minimum Gasteiger partial charge on any atom is -0.497 e. The third kappa shape index (κ3) is 4.94. The van der Waals surface area contributed by atoms with Crippen molar-refractivity contribution in [2.75, 3.05) is 23.9 Å². The van der Waals surface area contributed by atoms with Gasteiger partial charge in [-0.05, 0) is 48.4 Å². The van der Waals surface area contributed by atoms with Crippen LogP contribution in [0.1, 0.15) is 28.8 Å². The molecule has 1 fully saturated rings. The molecule has 176 valence electrons. The SMILES string of the molecule is COc1cccc(-c2nn(Cc3ccccc3)cc2C(=O)Nc2ccc(N3CCCC3=O)cc2)c1. The second-order valence-electron chi connectivity index (χ2n) is 8.46. The van der Waals surface area contributed by atoms with Gasteiger partial charge in [0, 0.05) is 36.1 Å². The fourth-order valence-electron chi connectivity index (χ4n) is 4.27. The summed E-state index contributed by atoms with van der Waals surface area (Å²) >= 11 is 0. The van der Waals surface area contributed by atoms with Crippen LogP contribution < -0.4 is 15.0 Å². The van der Waals surface area contributed by atoms with Crippen molar-refractivity contribution in [1.29, 1.82) is 0 Å². The zero-order chi connectivity index (χ0) is 24.2. The fraction of sp³-hybridized carbons (Fsp3) is 0.179. The quantitative estimate of drug-likeness (QED) is 0.417. The van der Waals surface area contributed by atoms with Gasteiger partial charge in [0.15, 0.2) is 0 Å². The molecule has 0 unspecified atom stereocenters. The summed E-state index contributed by atoms with van der Waals surface area (Å²) in [4.78, 5) is 27.2. The van der Waals surface area contributed by atoms with E-state index in [1.807, 2.05) is 78.9 Å². The maximum Gasteiger partial charge on any atom is 0.259 e. The first-order valence-electron chi connectivity index (χ1n) is 11.6. The van der Waals surface area contributed by atoms with E-state index in [-0.39, 0.29) is 11.8 Å². The molecule has 4 aromatic rings. The molecule has 2 heterocycles. The maximum absolute atomic E-state index is 13.4. The smallest absolute Gasteiger partial charge is 0.259 e. The highest BCUT2D eigenvalue weighted by atomic mass is 16.5. The molecule has 1 aliphatic rings. The Balaban J connectivity index is 1.42. The summed E-state index contributed by atoms with van der Waals surface area (Å²) < 4.78 is 7.15. The molecule has 0 atom stereocenters. The number of anilines is 2. The van der Waals surface area contributed by atoms with Gasteiger partial charge in [-0.2, -0.15) is 5.10 Å². The average molecular weight is 467 g/mol. The number of benzene rings is 3. The van der Waals surface area contributed by atoms with Crippen LogP contribution in [0, 0.1) is 0 Å². The van der Waals surface area contributed by atoms with Crippen molar-refractivity contribution in [1.82, 2.24) is 9.78 Å². The maximum atomic E-state index is 13.4. The molecule has 0 saturated carbocycles. The van der Waals surface area contributed by atoms with Crippen LogP contribution >= 0.6 is 0 Å². The van der Waals surface area contributed by atoms with Crippen LogP contribution in [0.3, 0.4) is 0 Å². The Bertz CT molecular complexity index is 1350.